The maximum atomic E-state index is 14.7. The Balaban J connectivity index is 1.46. The van der Waals surface area contributed by atoms with Gasteiger partial charge in [-0.1, -0.05) is 18.2 Å². The number of likely N-dealkylation sites (N-methyl/N-ethyl adjacent to an activating group) is 1. The first kappa shape index (κ1) is 27.8. The van der Waals surface area contributed by atoms with E-state index in [0.717, 1.165) is 35.9 Å². The van der Waals surface area contributed by atoms with Gasteiger partial charge in [-0.2, -0.15) is 5.10 Å². The smallest absolute Gasteiger partial charge is 0.269 e. The van der Waals surface area contributed by atoms with Crippen LogP contribution in [0.5, 0.6) is 0 Å². The lowest BCUT2D eigenvalue weighted by Gasteiger charge is -2.33. The maximum absolute atomic E-state index is 14.7. The highest BCUT2D eigenvalue weighted by atomic mass is 32.2. The molecule has 0 saturated carbocycles. The number of nitro benzene ring substituents is 1. The third-order valence-corrected chi connectivity index (χ3v) is 7.27. The normalized spacial score (nSPS) is 13.3. The van der Waals surface area contributed by atoms with E-state index in [1.807, 2.05) is 0 Å². The summed E-state index contributed by atoms with van der Waals surface area (Å²) in [6, 6.07) is 13.9. The molecule has 204 valence electrons. The Labute approximate surface area is 222 Å². The minimum Gasteiger partial charge on any atom is -0.382 e. The first-order chi connectivity index (χ1) is 18.4. The minimum atomic E-state index is -3.97. The predicted molar refractivity (Wildman–Crippen MR) is 137 cm³/mol. The number of nitrogens with zero attached hydrogens (tertiary/aromatic N) is 5. The Bertz CT molecular complexity index is 1550. The van der Waals surface area contributed by atoms with Crippen LogP contribution in [0.25, 0.3) is 0 Å². The van der Waals surface area contributed by atoms with E-state index >= 15 is 0 Å². The molecule has 0 amide bonds. The van der Waals surface area contributed by atoms with Crippen LogP contribution in [0.15, 0.2) is 84.3 Å². The molecule has 1 aromatic heterocycles. The van der Waals surface area contributed by atoms with E-state index in [0.29, 0.717) is 12.6 Å². The van der Waals surface area contributed by atoms with E-state index < -0.39 is 32.2 Å². The Morgan fingerprint density at radius 2 is 1.79 bits per heavy atom. The Kier molecular flexibility index (Phi) is 7.99. The molecule has 0 aliphatic carbocycles. The molecule has 1 heterocycles. The Morgan fingerprint density at radius 3 is 2.38 bits per heavy atom. The van der Waals surface area contributed by atoms with Gasteiger partial charge in [-0.05, 0) is 42.9 Å². The first-order valence-corrected chi connectivity index (χ1v) is 13.0. The zero-order chi connectivity index (χ0) is 28.2. The number of anilines is 1. The number of benzene rings is 3. The summed E-state index contributed by atoms with van der Waals surface area (Å²) in [5, 5.41) is 26.3. The van der Waals surface area contributed by atoms with E-state index in [9.17, 15) is 32.4 Å². The highest BCUT2D eigenvalue weighted by Crippen LogP contribution is 2.28. The van der Waals surface area contributed by atoms with E-state index in [1.54, 1.807) is 36.2 Å². The van der Waals surface area contributed by atoms with Crippen LogP contribution in [0, 0.1) is 21.7 Å². The lowest BCUT2D eigenvalue weighted by Crippen LogP contribution is -2.43. The molecule has 0 aliphatic rings. The summed E-state index contributed by atoms with van der Waals surface area (Å²) in [5.74, 6) is -1.66. The Morgan fingerprint density at radius 1 is 1.10 bits per heavy atom. The molecule has 1 atom stereocenters. The van der Waals surface area contributed by atoms with E-state index in [2.05, 4.69) is 14.8 Å². The van der Waals surface area contributed by atoms with Gasteiger partial charge in [0.2, 0.25) is 0 Å². The van der Waals surface area contributed by atoms with Crippen LogP contribution in [-0.2, 0) is 28.7 Å². The summed E-state index contributed by atoms with van der Waals surface area (Å²) in [4.78, 5) is 15.6. The third-order valence-electron chi connectivity index (χ3n) is 5.87. The fourth-order valence-electron chi connectivity index (χ4n) is 4.12. The molecule has 0 radical (unpaired) electrons. The van der Waals surface area contributed by atoms with Crippen molar-refractivity contribution in [2.75, 3.05) is 18.3 Å². The topological polar surface area (TPSA) is 143 Å². The molecule has 0 saturated heterocycles. The van der Waals surface area contributed by atoms with Crippen LogP contribution in [0.1, 0.15) is 11.1 Å². The van der Waals surface area contributed by atoms with Crippen molar-refractivity contribution in [2.45, 2.75) is 23.6 Å². The number of hydrogen-bond donors (Lipinski definition) is 2. The van der Waals surface area contributed by atoms with Crippen molar-refractivity contribution in [3.63, 3.8) is 0 Å². The third kappa shape index (κ3) is 6.79. The highest BCUT2D eigenvalue weighted by molar-refractivity contribution is 7.92. The number of non-ortho nitro benzene ring substituents is 1. The molecule has 3 aromatic carbocycles. The molecule has 11 nitrogen and oxygen atoms in total. The van der Waals surface area contributed by atoms with Crippen LogP contribution < -0.4 is 4.72 Å². The predicted octanol–water partition coefficient (Wildman–Crippen LogP) is 3.29. The monoisotopic (exact) mass is 558 g/mol. The lowest BCUT2D eigenvalue weighted by atomic mass is 9.92. The second-order valence-electron chi connectivity index (χ2n) is 8.97. The molecule has 0 aliphatic heterocycles. The number of aromatic nitrogens is 3. The number of nitro groups is 1. The van der Waals surface area contributed by atoms with E-state index in [1.165, 1.54) is 23.4 Å². The van der Waals surface area contributed by atoms with Gasteiger partial charge in [0.25, 0.3) is 15.7 Å². The fraction of sp³-hybridized carbons (Fsp3) is 0.200. The van der Waals surface area contributed by atoms with Gasteiger partial charge in [0.1, 0.15) is 29.9 Å². The van der Waals surface area contributed by atoms with Crippen molar-refractivity contribution in [3.8, 4) is 0 Å². The fourth-order valence-corrected chi connectivity index (χ4v) is 5.18. The second kappa shape index (κ2) is 11.2. The van der Waals surface area contributed by atoms with Gasteiger partial charge in [-0.15, -0.1) is 0 Å². The molecular weight excluding hydrogens is 534 g/mol. The molecule has 1 unspecified atom stereocenters. The van der Waals surface area contributed by atoms with Crippen molar-refractivity contribution in [1.82, 2.24) is 19.7 Å². The number of halogens is 2. The summed E-state index contributed by atoms with van der Waals surface area (Å²) >= 11 is 0. The molecule has 4 aromatic rings. The van der Waals surface area contributed by atoms with E-state index in [4.69, 9.17) is 0 Å². The maximum Gasteiger partial charge on any atom is 0.269 e. The van der Waals surface area contributed by atoms with Gasteiger partial charge in [-0.3, -0.25) is 19.7 Å². The minimum absolute atomic E-state index is 0.0516. The average molecular weight is 559 g/mol. The van der Waals surface area contributed by atoms with Gasteiger partial charge >= 0.3 is 0 Å². The molecule has 14 heteroatoms. The van der Waals surface area contributed by atoms with Crippen molar-refractivity contribution in [2.24, 2.45) is 0 Å². The molecular formula is C25H24F2N6O5S. The summed E-state index contributed by atoms with van der Waals surface area (Å²) in [7, 11) is -2.26. The highest BCUT2D eigenvalue weighted by Gasteiger charge is 2.35. The van der Waals surface area contributed by atoms with Crippen LogP contribution in [-0.4, -0.2) is 51.7 Å². The number of aliphatic hydroxyl groups is 1. The second-order valence-corrected chi connectivity index (χ2v) is 10.7. The van der Waals surface area contributed by atoms with Gasteiger partial charge in [0.05, 0.1) is 16.4 Å². The standard InChI is InChI=1S/C25H24F2N6O5S/c1-31(14-25(34,15-32-17-28-16-29-32)23-11-4-19(26)12-24(23)27)13-18-2-5-20(6-3-18)30-39(37,38)22-9-7-21(8-10-22)33(35)36/h2-12,16-17,30,34H,13-15H2,1H3. The van der Waals surface area contributed by atoms with Crippen molar-refractivity contribution in [3.05, 3.63) is 112 Å². The molecule has 0 fully saturated rings. The lowest BCUT2D eigenvalue weighted by molar-refractivity contribution is -0.384. The number of hydrogen-bond acceptors (Lipinski definition) is 8. The SMILES string of the molecule is CN(Cc1ccc(NS(=O)(=O)c2ccc([N+](=O)[O-])cc2)cc1)CC(O)(Cn1cncn1)c1ccc(F)cc1F. The van der Waals surface area contributed by atoms with Crippen LogP contribution in [0.3, 0.4) is 0 Å². The largest absolute Gasteiger partial charge is 0.382 e. The molecule has 0 bridgehead atoms. The van der Waals surface area contributed by atoms with Crippen molar-refractivity contribution in [1.29, 1.82) is 0 Å². The summed E-state index contributed by atoms with van der Waals surface area (Å²) in [6.45, 7) is 0.116. The quantitative estimate of drug-likeness (QED) is 0.211. The van der Waals surface area contributed by atoms with Gasteiger partial charge in [0.15, 0.2) is 0 Å². The molecule has 39 heavy (non-hydrogen) atoms. The summed E-state index contributed by atoms with van der Waals surface area (Å²) in [5.41, 5.74) is -1.06. The number of rotatable bonds is 11. The van der Waals surface area contributed by atoms with Gasteiger partial charge in [-0.25, -0.2) is 26.9 Å². The Hall–Kier alpha value is -4.27. The summed E-state index contributed by atoms with van der Waals surface area (Å²) in [6.07, 6.45) is 2.66. The van der Waals surface area contributed by atoms with Crippen molar-refractivity contribution < 1.29 is 27.2 Å². The average Bonchev–Trinajstić information content (AvgIpc) is 3.37. The van der Waals surface area contributed by atoms with Crippen LogP contribution >= 0.6 is 0 Å². The van der Waals surface area contributed by atoms with Crippen LogP contribution in [0.2, 0.25) is 0 Å². The first-order valence-electron chi connectivity index (χ1n) is 11.5. The molecule has 2 N–H and O–H groups in total. The van der Waals surface area contributed by atoms with E-state index in [-0.39, 0.29) is 34.9 Å². The number of nitrogens with one attached hydrogen (secondary N) is 1. The number of sulfonamides is 1. The molecule has 4 rings (SSSR count). The van der Waals surface area contributed by atoms with Crippen LogP contribution in [0.4, 0.5) is 20.2 Å². The molecule has 0 spiro atoms. The van der Waals surface area contributed by atoms with Gasteiger partial charge in [0, 0.05) is 42.5 Å². The zero-order valence-electron chi connectivity index (χ0n) is 20.6. The zero-order valence-corrected chi connectivity index (χ0v) is 21.4. The van der Waals surface area contributed by atoms with Gasteiger partial charge < -0.3 is 5.11 Å². The van der Waals surface area contributed by atoms with Crippen molar-refractivity contribution >= 4 is 21.4 Å². The summed E-state index contributed by atoms with van der Waals surface area (Å²) < 4.78 is 57.2.